The van der Waals surface area contributed by atoms with Gasteiger partial charge in [0.1, 0.15) is 0 Å². The highest BCUT2D eigenvalue weighted by Gasteiger charge is 2.43. The predicted molar refractivity (Wildman–Crippen MR) is 89.8 cm³/mol. The van der Waals surface area contributed by atoms with Crippen molar-refractivity contribution in [1.29, 1.82) is 0 Å². The molecule has 0 saturated carbocycles. The van der Waals surface area contributed by atoms with E-state index in [0.717, 1.165) is 19.0 Å². The second kappa shape index (κ2) is 5.98. The summed E-state index contributed by atoms with van der Waals surface area (Å²) in [6, 6.07) is 9.77. The van der Waals surface area contributed by atoms with E-state index >= 15 is 0 Å². The van der Waals surface area contributed by atoms with Gasteiger partial charge in [0.05, 0.1) is 5.54 Å². The quantitative estimate of drug-likeness (QED) is 0.924. The normalized spacial score (nSPS) is 29.4. The van der Waals surface area contributed by atoms with Gasteiger partial charge in [-0.3, -0.25) is 0 Å². The summed E-state index contributed by atoms with van der Waals surface area (Å²) in [7, 11) is 2.23. The van der Waals surface area contributed by atoms with Gasteiger partial charge in [0.2, 0.25) is 0 Å². The summed E-state index contributed by atoms with van der Waals surface area (Å²) in [6.07, 6.45) is 6.22. The van der Waals surface area contributed by atoms with E-state index in [4.69, 9.17) is 5.73 Å². The van der Waals surface area contributed by atoms with Gasteiger partial charge >= 0.3 is 0 Å². The van der Waals surface area contributed by atoms with E-state index in [1.807, 2.05) is 0 Å². The van der Waals surface area contributed by atoms with E-state index in [0.29, 0.717) is 0 Å². The average molecular weight is 287 g/mol. The molecule has 0 aromatic heterocycles. The van der Waals surface area contributed by atoms with Crippen LogP contribution in [0.5, 0.6) is 0 Å². The summed E-state index contributed by atoms with van der Waals surface area (Å²) in [6.45, 7) is 5.46. The molecular weight excluding hydrogens is 258 g/mol. The monoisotopic (exact) mass is 287 g/mol. The molecule has 0 bridgehead atoms. The lowest BCUT2D eigenvalue weighted by atomic mass is 9.81. The minimum Gasteiger partial charge on any atom is -0.368 e. The highest BCUT2D eigenvalue weighted by atomic mass is 15.3. The van der Waals surface area contributed by atoms with Crippen molar-refractivity contribution in [2.24, 2.45) is 5.73 Å². The second-order valence-electron chi connectivity index (χ2n) is 6.79. The smallest absolute Gasteiger partial charge is 0.0548 e. The molecule has 0 aliphatic carbocycles. The zero-order valence-electron chi connectivity index (χ0n) is 13.5. The Labute approximate surface area is 129 Å². The van der Waals surface area contributed by atoms with Crippen LogP contribution in [0.15, 0.2) is 24.3 Å². The molecule has 0 amide bonds. The van der Waals surface area contributed by atoms with Crippen molar-refractivity contribution in [3.8, 4) is 0 Å². The first-order valence-electron chi connectivity index (χ1n) is 8.45. The number of hydrogen-bond donors (Lipinski definition) is 1. The van der Waals surface area contributed by atoms with Gasteiger partial charge < -0.3 is 15.5 Å². The number of anilines is 1. The summed E-state index contributed by atoms with van der Waals surface area (Å²) in [5, 5.41) is 0. The SMILES string of the molecule is CCc1ccc(N(C)C2(CN)CCN3CCCC3C2)cc1. The zero-order valence-corrected chi connectivity index (χ0v) is 13.5. The molecule has 2 aliphatic heterocycles. The van der Waals surface area contributed by atoms with Crippen molar-refractivity contribution < 1.29 is 0 Å². The minimum absolute atomic E-state index is 0.138. The summed E-state index contributed by atoms with van der Waals surface area (Å²) >= 11 is 0. The standard InChI is InChI=1S/C18H29N3/c1-3-15-6-8-16(9-7-15)20(2)18(14-19)10-12-21-11-4-5-17(21)13-18/h6-9,17H,3-5,10-14,19H2,1-2H3. The number of rotatable bonds is 4. The largest absolute Gasteiger partial charge is 0.368 e. The predicted octanol–water partition coefficient (Wildman–Crippen LogP) is 2.64. The van der Waals surface area contributed by atoms with Crippen molar-refractivity contribution >= 4 is 5.69 Å². The fourth-order valence-electron chi connectivity index (χ4n) is 4.17. The molecule has 3 heteroatoms. The maximum Gasteiger partial charge on any atom is 0.0548 e. The van der Waals surface area contributed by atoms with Crippen LogP contribution in [-0.4, -0.2) is 43.2 Å². The van der Waals surface area contributed by atoms with Gasteiger partial charge in [-0.25, -0.2) is 0 Å². The fraction of sp³-hybridized carbons (Fsp3) is 0.667. The molecule has 3 nitrogen and oxygen atoms in total. The Hall–Kier alpha value is -1.06. The third kappa shape index (κ3) is 2.69. The third-order valence-electron chi connectivity index (χ3n) is 5.80. The lowest BCUT2D eigenvalue weighted by molar-refractivity contribution is 0.131. The van der Waals surface area contributed by atoms with Crippen LogP contribution in [0.1, 0.15) is 38.2 Å². The van der Waals surface area contributed by atoms with Crippen LogP contribution in [0.3, 0.4) is 0 Å². The molecule has 2 atom stereocenters. The first kappa shape index (κ1) is 14.9. The Kier molecular flexibility index (Phi) is 4.23. The van der Waals surface area contributed by atoms with Crippen molar-refractivity contribution in [1.82, 2.24) is 4.90 Å². The highest BCUT2D eigenvalue weighted by molar-refractivity contribution is 5.50. The third-order valence-corrected chi connectivity index (χ3v) is 5.80. The first-order chi connectivity index (χ1) is 10.2. The Morgan fingerprint density at radius 2 is 2.05 bits per heavy atom. The van der Waals surface area contributed by atoms with Crippen LogP contribution in [-0.2, 0) is 6.42 Å². The van der Waals surface area contributed by atoms with Crippen molar-refractivity contribution in [3.63, 3.8) is 0 Å². The summed E-state index contributed by atoms with van der Waals surface area (Å²) < 4.78 is 0. The number of hydrogen-bond acceptors (Lipinski definition) is 3. The van der Waals surface area contributed by atoms with E-state index in [9.17, 15) is 0 Å². The molecule has 2 saturated heterocycles. The van der Waals surface area contributed by atoms with Crippen molar-refractivity contribution in [3.05, 3.63) is 29.8 Å². The molecular formula is C18H29N3. The molecule has 2 unspecified atom stereocenters. The Morgan fingerprint density at radius 3 is 2.71 bits per heavy atom. The molecule has 2 N–H and O–H groups in total. The number of benzene rings is 1. The van der Waals surface area contributed by atoms with Gasteiger partial charge in [0, 0.05) is 31.9 Å². The maximum atomic E-state index is 6.26. The number of piperidine rings is 1. The lowest BCUT2D eigenvalue weighted by Crippen LogP contribution is -2.60. The second-order valence-corrected chi connectivity index (χ2v) is 6.79. The zero-order chi connectivity index (χ0) is 14.9. The molecule has 2 heterocycles. The molecule has 2 aliphatic rings. The molecule has 1 aromatic rings. The molecule has 3 rings (SSSR count). The van der Waals surface area contributed by atoms with E-state index < -0.39 is 0 Å². The average Bonchev–Trinajstić information content (AvgIpc) is 3.01. The van der Waals surface area contributed by atoms with E-state index in [1.54, 1.807) is 0 Å². The van der Waals surface area contributed by atoms with Gasteiger partial charge in [-0.05, 0) is 56.3 Å². The Bertz CT molecular complexity index is 470. The topological polar surface area (TPSA) is 32.5 Å². The molecule has 0 radical (unpaired) electrons. The highest BCUT2D eigenvalue weighted by Crippen LogP contribution is 2.37. The molecule has 0 spiro atoms. The van der Waals surface area contributed by atoms with Crippen LogP contribution in [0.2, 0.25) is 0 Å². The van der Waals surface area contributed by atoms with Crippen LogP contribution in [0, 0.1) is 0 Å². The van der Waals surface area contributed by atoms with Crippen molar-refractivity contribution in [2.75, 3.05) is 31.6 Å². The number of fused-ring (bicyclic) bond motifs is 1. The molecule has 21 heavy (non-hydrogen) atoms. The van der Waals surface area contributed by atoms with Gasteiger partial charge in [-0.15, -0.1) is 0 Å². The van der Waals surface area contributed by atoms with E-state index in [1.165, 1.54) is 50.0 Å². The first-order valence-corrected chi connectivity index (χ1v) is 8.45. The van der Waals surface area contributed by atoms with Crippen LogP contribution in [0.25, 0.3) is 0 Å². The Balaban J connectivity index is 1.80. The van der Waals surface area contributed by atoms with Gasteiger partial charge in [0.25, 0.3) is 0 Å². The summed E-state index contributed by atoms with van der Waals surface area (Å²) in [4.78, 5) is 5.13. The van der Waals surface area contributed by atoms with Crippen LogP contribution >= 0.6 is 0 Å². The molecule has 116 valence electrons. The maximum absolute atomic E-state index is 6.26. The number of nitrogens with two attached hydrogens (primary N) is 1. The van der Waals surface area contributed by atoms with Gasteiger partial charge in [-0.1, -0.05) is 19.1 Å². The summed E-state index contributed by atoms with van der Waals surface area (Å²) in [5.74, 6) is 0. The van der Waals surface area contributed by atoms with Gasteiger partial charge in [-0.2, -0.15) is 0 Å². The minimum atomic E-state index is 0.138. The van der Waals surface area contributed by atoms with Gasteiger partial charge in [0.15, 0.2) is 0 Å². The van der Waals surface area contributed by atoms with Crippen LogP contribution in [0.4, 0.5) is 5.69 Å². The van der Waals surface area contributed by atoms with E-state index in [2.05, 4.69) is 48.0 Å². The van der Waals surface area contributed by atoms with Crippen LogP contribution < -0.4 is 10.6 Å². The lowest BCUT2D eigenvalue weighted by Gasteiger charge is -2.50. The number of aryl methyl sites for hydroxylation is 1. The van der Waals surface area contributed by atoms with Crippen molar-refractivity contribution in [2.45, 2.75) is 50.6 Å². The van der Waals surface area contributed by atoms with E-state index in [-0.39, 0.29) is 5.54 Å². The number of likely N-dealkylation sites (N-methyl/N-ethyl adjacent to an activating group) is 1. The molecule has 2 fully saturated rings. The fourth-order valence-corrected chi connectivity index (χ4v) is 4.17. The Morgan fingerprint density at radius 1 is 1.29 bits per heavy atom. The molecule has 1 aromatic carbocycles. The number of nitrogens with zero attached hydrogens (tertiary/aromatic N) is 2. The summed E-state index contributed by atoms with van der Waals surface area (Å²) in [5.41, 5.74) is 9.11.